The molecule has 2 aliphatic heterocycles. The monoisotopic (exact) mass is 728 g/mol. The Balaban J connectivity index is 1.72. The topological polar surface area (TPSA) is 152 Å². The van der Waals surface area contributed by atoms with Crippen molar-refractivity contribution in [2.75, 3.05) is 20.8 Å². The van der Waals surface area contributed by atoms with Gasteiger partial charge in [-0.05, 0) is 86.2 Å². The third-order valence-electron chi connectivity index (χ3n) is 10.8. The number of carbonyl (C=O) groups is 3. The predicted molar refractivity (Wildman–Crippen MR) is 211 cm³/mol. The van der Waals surface area contributed by atoms with Crippen molar-refractivity contribution in [2.45, 2.75) is 78.6 Å². The van der Waals surface area contributed by atoms with Gasteiger partial charge in [-0.2, -0.15) is 0 Å². The van der Waals surface area contributed by atoms with E-state index in [9.17, 15) is 14.4 Å². The summed E-state index contributed by atoms with van der Waals surface area (Å²) in [5.41, 5.74) is 12.6. The van der Waals surface area contributed by atoms with Gasteiger partial charge in [0.25, 0.3) is 5.91 Å². The highest BCUT2D eigenvalue weighted by Gasteiger charge is 2.34. The Morgan fingerprint density at radius 3 is 2.37 bits per heavy atom. The summed E-state index contributed by atoms with van der Waals surface area (Å²) in [5, 5.41) is 3.10. The second kappa shape index (κ2) is 16.0. The molecule has 4 aromatic heterocycles. The third kappa shape index (κ3) is 7.35. The van der Waals surface area contributed by atoms with Crippen molar-refractivity contribution in [2.24, 2.45) is 0 Å². The summed E-state index contributed by atoms with van der Waals surface area (Å²) in [7, 11) is 2.71. The van der Waals surface area contributed by atoms with Crippen LogP contribution in [0.2, 0.25) is 0 Å². The van der Waals surface area contributed by atoms with E-state index in [4.69, 9.17) is 19.4 Å². The van der Waals surface area contributed by atoms with E-state index in [-0.39, 0.29) is 36.6 Å². The van der Waals surface area contributed by atoms with Crippen molar-refractivity contribution in [1.29, 1.82) is 0 Å². The molecule has 8 bridgehead atoms. The lowest BCUT2D eigenvalue weighted by Gasteiger charge is -2.18. The van der Waals surface area contributed by atoms with Crippen molar-refractivity contribution >= 4 is 51.1 Å². The molecule has 6 heterocycles. The first-order valence-electron chi connectivity index (χ1n) is 18.4. The Morgan fingerprint density at radius 2 is 1.69 bits per heavy atom. The van der Waals surface area contributed by atoms with E-state index in [0.717, 1.165) is 62.5 Å². The Labute approximate surface area is 315 Å². The Kier molecular flexibility index (Phi) is 11.3. The summed E-state index contributed by atoms with van der Waals surface area (Å²) in [5.74, 6) is -1.58. The van der Waals surface area contributed by atoms with Crippen LogP contribution in [0.5, 0.6) is 0 Å². The fraction of sp³-hybridized carbons (Fsp3) is 0.349. The molecule has 0 spiro atoms. The van der Waals surface area contributed by atoms with Crippen LogP contribution >= 0.6 is 0 Å². The number of pyridine rings is 1. The standard InChI is InChI=1S/C43H48N6O5/c1-9-28-23(3)32-20-34-25(5)30(14-15-38(50)53-7)41(48-34)31(19-39(51)54-8)42-40(43(52)45-18-16-27-13-11-12-17-44-27)26(6)35(49-42)22-37-29(10-2)24(4)33(47-37)21-36(28)46-32/h9,11-13,17,20-22,25,30,47,49H,1,10,14-16,18-19H2,2-8H3,(H,45,52)/t25-,30-/m0/s1. The molecule has 0 fully saturated rings. The summed E-state index contributed by atoms with van der Waals surface area (Å²) in [6.07, 6.45) is 5.27. The number of amides is 1. The number of aromatic amines is 2. The van der Waals surface area contributed by atoms with E-state index < -0.39 is 5.97 Å². The van der Waals surface area contributed by atoms with E-state index in [0.29, 0.717) is 52.8 Å². The van der Waals surface area contributed by atoms with Gasteiger partial charge in [0.05, 0.1) is 48.8 Å². The van der Waals surface area contributed by atoms with Crippen LogP contribution in [0.15, 0.2) is 55.3 Å². The quantitative estimate of drug-likeness (QED) is 0.134. The van der Waals surface area contributed by atoms with Gasteiger partial charge >= 0.3 is 11.9 Å². The zero-order valence-corrected chi connectivity index (χ0v) is 32.1. The number of rotatable bonds is 11. The smallest absolute Gasteiger partial charge is 0.310 e. The molecule has 2 aliphatic rings. The van der Waals surface area contributed by atoms with Gasteiger partial charge in [-0.3, -0.25) is 24.4 Å². The Bertz CT molecular complexity index is 2340. The van der Waals surface area contributed by atoms with Gasteiger partial charge in [0.2, 0.25) is 0 Å². The lowest BCUT2D eigenvalue weighted by molar-refractivity contribution is -0.141. The molecular weight excluding hydrogens is 681 g/mol. The number of allylic oxidation sites excluding steroid dienone is 3. The van der Waals surface area contributed by atoms with Crippen LogP contribution in [0.3, 0.4) is 0 Å². The zero-order chi connectivity index (χ0) is 38.7. The molecule has 0 aromatic carbocycles. The first-order chi connectivity index (χ1) is 26.0. The SMILES string of the molecule is C=CC1=C(C)c2cc3nc(c(CC(=O)OC)c4[nH]c(cc5[nH]c(cc1n2)c(C)c5CC)c(C)c4C(=O)NCCc1ccccn1)[C@@H](CCC(=O)OC)[C@@H]3C. The summed E-state index contributed by atoms with van der Waals surface area (Å²) >= 11 is 0. The first-order valence-corrected chi connectivity index (χ1v) is 18.4. The number of aromatic nitrogens is 5. The normalized spacial score (nSPS) is 15.2. The molecule has 0 saturated carbocycles. The van der Waals surface area contributed by atoms with Crippen molar-refractivity contribution in [1.82, 2.24) is 30.2 Å². The third-order valence-corrected chi connectivity index (χ3v) is 10.8. The number of H-pyrrole nitrogens is 2. The molecule has 280 valence electrons. The number of hydrogen-bond acceptors (Lipinski definition) is 8. The second-order valence-corrected chi connectivity index (χ2v) is 13.9. The Morgan fingerprint density at radius 1 is 0.926 bits per heavy atom. The van der Waals surface area contributed by atoms with Crippen molar-refractivity contribution in [3.8, 4) is 0 Å². The van der Waals surface area contributed by atoms with E-state index in [1.807, 2.05) is 50.3 Å². The number of ether oxygens (including phenoxy) is 2. The average Bonchev–Trinajstić information content (AvgIpc) is 3.85. The van der Waals surface area contributed by atoms with Crippen molar-refractivity contribution < 1.29 is 23.9 Å². The molecule has 0 unspecified atom stereocenters. The lowest BCUT2D eigenvalue weighted by atomic mass is 9.85. The van der Waals surface area contributed by atoms with Crippen LogP contribution in [0.1, 0.15) is 107 Å². The molecule has 6 rings (SSSR count). The van der Waals surface area contributed by atoms with Gasteiger partial charge in [-0.15, -0.1) is 0 Å². The first kappa shape index (κ1) is 37.9. The molecular formula is C43H48N6O5. The maximum absolute atomic E-state index is 14.3. The predicted octanol–water partition coefficient (Wildman–Crippen LogP) is 7.53. The molecule has 1 amide bonds. The van der Waals surface area contributed by atoms with Gasteiger partial charge < -0.3 is 24.8 Å². The second-order valence-electron chi connectivity index (χ2n) is 13.9. The molecule has 0 radical (unpaired) electrons. The summed E-state index contributed by atoms with van der Waals surface area (Å²) in [6.45, 7) is 14.7. The van der Waals surface area contributed by atoms with Crippen molar-refractivity contribution in [3.05, 3.63) is 112 Å². The number of nitrogens with zero attached hydrogens (tertiary/aromatic N) is 3. The number of nitrogens with one attached hydrogen (secondary N) is 3. The molecule has 11 heteroatoms. The molecule has 0 aliphatic carbocycles. The minimum absolute atomic E-state index is 0.147. The van der Waals surface area contributed by atoms with E-state index in [1.54, 1.807) is 6.20 Å². The summed E-state index contributed by atoms with van der Waals surface area (Å²) < 4.78 is 10.3. The maximum Gasteiger partial charge on any atom is 0.310 e. The Hall–Kier alpha value is -5.84. The van der Waals surface area contributed by atoms with Gasteiger partial charge in [-0.1, -0.05) is 32.6 Å². The van der Waals surface area contributed by atoms with Crippen LogP contribution < -0.4 is 5.32 Å². The lowest BCUT2D eigenvalue weighted by Crippen LogP contribution is -2.26. The van der Waals surface area contributed by atoms with E-state index >= 15 is 0 Å². The highest BCUT2D eigenvalue weighted by Crippen LogP contribution is 2.43. The number of esters is 2. The minimum Gasteiger partial charge on any atom is -0.469 e. The minimum atomic E-state index is -0.486. The fourth-order valence-electron chi connectivity index (χ4n) is 7.65. The van der Waals surface area contributed by atoms with Gasteiger partial charge in [-0.25, -0.2) is 4.98 Å². The molecule has 2 atom stereocenters. The zero-order valence-electron chi connectivity index (χ0n) is 32.1. The average molecular weight is 729 g/mol. The summed E-state index contributed by atoms with van der Waals surface area (Å²) in [4.78, 5) is 62.1. The number of hydrogen-bond donors (Lipinski definition) is 3. The molecule has 0 saturated heterocycles. The highest BCUT2D eigenvalue weighted by molar-refractivity contribution is 6.06. The van der Waals surface area contributed by atoms with Crippen molar-refractivity contribution in [3.63, 3.8) is 0 Å². The van der Waals surface area contributed by atoms with Crippen LogP contribution in [-0.2, 0) is 38.3 Å². The largest absolute Gasteiger partial charge is 0.469 e. The number of fused-ring (bicyclic) bond motifs is 8. The van der Waals surface area contributed by atoms with E-state index in [2.05, 4.69) is 53.7 Å². The number of methoxy groups -OCH3 is 2. The molecule has 11 nitrogen and oxygen atoms in total. The molecule has 4 aromatic rings. The number of aryl methyl sites for hydroxylation is 3. The fourth-order valence-corrected chi connectivity index (χ4v) is 7.65. The van der Waals surface area contributed by atoms with Gasteiger partial charge in [0.15, 0.2) is 0 Å². The van der Waals surface area contributed by atoms with E-state index in [1.165, 1.54) is 14.2 Å². The molecule has 3 N–H and O–H groups in total. The van der Waals surface area contributed by atoms with Crippen LogP contribution in [0, 0.1) is 13.8 Å². The van der Waals surface area contributed by atoms with Crippen LogP contribution in [0.25, 0.3) is 33.2 Å². The highest BCUT2D eigenvalue weighted by atomic mass is 16.5. The van der Waals surface area contributed by atoms with Crippen LogP contribution in [-0.4, -0.2) is 63.5 Å². The number of carbonyl (C=O) groups excluding carboxylic acids is 3. The van der Waals surface area contributed by atoms with Crippen LogP contribution in [0.4, 0.5) is 0 Å². The maximum atomic E-state index is 14.3. The summed E-state index contributed by atoms with van der Waals surface area (Å²) in [6, 6.07) is 11.8. The van der Waals surface area contributed by atoms with Gasteiger partial charge in [0, 0.05) is 76.5 Å². The van der Waals surface area contributed by atoms with Gasteiger partial charge in [0.1, 0.15) is 0 Å². The molecule has 54 heavy (non-hydrogen) atoms.